The molecule has 0 saturated heterocycles. The minimum Gasteiger partial charge on any atom is -0.374 e. The van der Waals surface area contributed by atoms with Crippen molar-refractivity contribution in [3.8, 4) is 5.13 Å². The van der Waals surface area contributed by atoms with Gasteiger partial charge in [0.25, 0.3) is 0 Å². The van der Waals surface area contributed by atoms with Crippen LogP contribution in [0.25, 0.3) is 5.13 Å². The molecule has 0 aromatic carbocycles. The maximum Gasteiger partial charge on any atom is 0.234 e. The molecule has 0 atom stereocenters. The molecule has 6 heteroatoms. The zero-order valence-corrected chi connectivity index (χ0v) is 7.95. The second-order valence-electron chi connectivity index (χ2n) is 2.51. The van der Waals surface area contributed by atoms with Crippen molar-refractivity contribution in [2.45, 2.75) is 13.3 Å². The summed E-state index contributed by atoms with van der Waals surface area (Å²) in [6, 6.07) is 1.96. The Morgan fingerprint density at radius 3 is 3.00 bits per heavy atom. The molecule has 2 aromatic heterocycles. The number of hydrogen-bond acceptors (Lipinski definition) is 5. The van der Waals surface area contributed by atoms with Crippen LogP contribution in [0.2, 0.25) is 0 Å². The maximum atomic E-state index is 5.48. The van der Waals surface area contributed by atoms with Gasteiger partial charge in [0.1, 0.15) is 0 Å². The van der Waals surface area contributed by atoms with Gasteiger partial charge >= 0.3 is 0 Å². The molecule has 0 saturated carbocycles. The van der Waals surface area contributed by atoms with Gasteiger partial charge in [0.2, 0.25) is 10.3 Å². The van der Waals surface area contributed by atoms with Crippen molar-refractivity contribution in [3.63, 3.8) is 0 Å². The number of aryl methyl sites for hydroxylation is 1. The van der Waals surface area contributed by atoms with E-state index in [0.29, 0.717) is 5.13 Å². The van der Waals surface area contributed by atoms with E-state index in [2.05, 4.69) is 22.2 Å². The Bertz CT molecular complexity index is 404. The molecule has 0 aliphatic rings. The summed E-state index contributed by atoms with van der Waals surface area (Å²) in [5.74, 6) is 0. The van der Waals surface area contributed by atoms with Crippen LogP contribution in [-0.4, -0.2) is 20.0 Å². The molecule has 2 N–H and O–H groups in total. The fourth-order valence-electron chi connectivity index (χ4n) is 1.08. The summed E-state index contributed by atoms with van der Waals surface area (Å²) in [6.07, 6.45) is 2.66. The van der Waals surface area contributed by atoms with Crippen LogP contribution in [0.15, 0.2) is 12.3 Å². The standard InChI is InChI=1S/C7H9N5S/c1-2-5-3-4-9-12(5)7-11-10-6(8)13-7/h3-4H,2H2,1H3,(H2,8,10). The lowest BCUT2D eigenvalue weighted by Crippen LogP contribution is -2.00. The molecule has 0 bridgehead atoms. The Kier molecular flexibility index (Phi) is 1.97. The van der Waals surface area contributed by atoms with Gasteiger partial charge in [-0.15, -0.1) is 10.2 Å². The van der Waals surface area contributed by atoms with Crippen LogP contribution in [0.4, 0.5) is 5.13 Å². The van der Waals surface area contributed by atoms with Crippen molar-refractivity contribution in [1.82, 2.24) is 20.0 Å². The van der Waals surface area contributed by atoms with Crippen LogP contribution in [0.1, 0.15) is 12.6 Å². The summed E-state index contributed by atoms with van der Waals surface area (Å²) in [4.78, 5) is 0. The predicted molar refractivity (Wildman–Crippen MR) is 50.8 cm³/mol. The fraction of sp³-hybridized carbons (Fsp3) is 0.286. The van der Waals surface area contributed by atoms with Crippen molar-refractivity contribution >= 4 is 16.5 Å². The lowest BCUT2D eigenvalue weighted by Gasteiger charge is -1.98. The average molecular weight is 195 g/mol. The van der Waals surface area contributed by atoms with E-state index in [1.54, 1.807) is 10.9 Å². The van der Waals surface area contributed by atoms with E-state index in [4.69, 9.17) is 5.73 Å². The molecule has 2 heterocycles. The third-order valence-electron chi connectivity index (χ3n) is 1.69. The highest BCUT2D eigenvalue weighted by molar-refractivity contribution is 7.17. The Morgan fingerprint density at radius 1 is 1.54 bits per heavy atom. The summed E-state index contributed by atoms with van der Waals surface area (Å²) in [6.45, 7) is 2.07. The van der Waals surface area contributed by atoms with Gasteiger partial charge in [-0.2, -0.15) is 5.10 Å². The number of hydrogen-bond donors (Lipinski definition) is 1. The summed E-state index contributed by atoms with van der Waals surface area (Å²) >= 11 is 1.33. The molecule has 0 aliphatic carbocycles. The molecule has 0 radical (unpaired) electrons. The summed E-state index contributed by atoms with van der Waals surface area (Å²) in [7, 11) is 0. The number of nitrogens with two attached hydrogens (primary N) is 1. The lowest BCUT2D eigenvalue weighted by molar-refractivity contribution is 0.793. The molecular formula is C7H9N5S. The van der Waals surface area contributed by atoms with E-state index in [1.165, 1.54) is 11.3 Å². The van der Waals surface area contributed by atoms with Crippen LogP contribution in [-0.2, 0) is 6.42 Å². The Labute approximate surface area is 79.2 Å². The lowest BCUT2D eigenvalue weighted by atomic mass is 10.3. The third kappa shape index (κ3) is 1.40. The SMILES string of the molecule is CCc1ccnn1-c1nnc(N)s1. The molecule has 0 fully saturated rings. The van der Waals surface area contributed by atoms with Gasteiger partial charge in [-0.3, -0.25) is 0 Å². The van der Waals surface area contributed by atoms with Crippen molar-refractivity contribution in [2.24, 2.45) is 0 Å². The van der Waals surface area contributed by atoms with E-state index in [0.717, 1.165) is 17.2 Å². The van der Waals surface area contributed by atoms with Crippen LogP contribution < -0.4 is 5.73 Å². The van der Waals surface area contributed by atoms with Gasteiger partial charge in [0.05, 0.1) is 0 Å². The number of rotatable bonds is 2. The topological polar surface area (TPSA) is 69.6 Å². The van der Waals surface area contributed by atoms with E-state index >= 15 is 0 Å². The number of nitrogens with zero attached hydrogens (tertiary/aromatic N) is 4. The van der Waals surface area contributed by atoms with Crippen LogP contribution in [0.5, 0.6) is 0 Å². The van der Waals surface area contributed by atoms with Gasteiger partial charge in [0, 0.05) is 11.9 Å². The number of anilines is 1. The van der Waals surface area contributed by atoms with Crippen LogP contribution in [0.3, 0.4) is 0 Å². The molecular weight excluding hydrogens is 186 g/mol. The molecule has 0 amide bonds. The highest BCUT2D eigenvalue weighted by Crippen LogP contribution is 2.17. The number of nitrogen functional groups attached to an aromatic ring is 1. The molecule has 5 nitrogen and oxygen atoms in total. The van der Waals surface area contributed by atoms with Gasteiger partial charge < -0.3 is 5.73 Å². The minimum atomic E-state index is 0.465. The highest BCUT2D eigenvalue weighted by Gasteiger charge is 2.07. The van der Waals surface area contributed by atoms with E-state index < -0.39 is 0 Å². The maximum absolute atomic E-state index is 5.48. The predicted octanol–water partition coefficient (Wildman–Crippen LogP) is 0.868. The zero-order chi connectivity index (χ0) is 9.26. The molecule has 2 rings (SSSR count). The first-order valence-electron chi connectivity index (χ1n) is 3.93. The second kappa shape index (κ2) is 3.14. The van der Waals surface area contributed by atoms with E-state index in [-0.39, 0.29) is 0 Å². The van der Waals surface area contributed by atoms with Gasteiger partial charge in [-0.05, 0) is 12.5 Å². The summed E-state index contributed by atoms with van der Waals surface area (Å²) < 4.78 is 1.76. The van der Waals surface area contributed by atoms with Crippen molar-refractivity contribution in [1.29, 1.82) is 0 Å². The quantitative estimate of drug-likeness (QED) is 0.771. The molecule has 13 heavy (non-hydrogen) atoms. The van der Waals surface area contributed by atoms with Gasteiger partial charge in [-0.25, -0.2) is 4.68 Å². The first kappa shape index (κ1) is 8.18. The Morgan fingerprint density at radius 2 is 2.38 bits per heavy atom. The molecule has 0 spiro atoms. The molecule has 0 unspecified atom stereocenters. The van der Waals surface area contributed by atoms with Crippen LogP contribution in [0, 0.1) is 0 Å². The third-order valence-corrected chi connectivity index (χ3v) is 2.42. The minimum absolute atomic E-state index is 0.465. The van der Waals surface area contributed by atoms with Crippen molar-refractivity contribution in [2.75, 3.05) is 5.73 Å². The van der Waals surface area contributed by atoms with E-state index in [1.807, 2.05) is 6.07 Å². The monoisotopic (exact) mass is 195 g/mol. The van der Waals surface area contributed by atoms with Crippen molar-refractivity contribution in [3.05, 3.63) is 18.0 Å². The van der Waals surface area contributed by atoms with E-state index in [9.17, 15) is 0 Å². The van der Waals surface area contributed by atoms with Gasteiger partial charge in [0.15, 0.2) is 0 Å². The fourth-order valence-corrected chi connectivity index (χ4v) is 1.68. The molecule has 2 aromatic rings. The van der Waals surface area contributed by atoms with Crippen LogP contribution >= 0.6 is 11.3 Å². The number of aromatic nitrogens is 4. The molecule has 68 valence electrons. The first-order chi connectivity index (χ1) is 6.31. The second-order valence-corrected chi connectivity index (χ2v) is 3.50. The largest absolute Gasteiger partial charge is 0.374 e. The normalized spacial score (nSPS) is 10.5. The average Bonchev–Trinajstić information content (AvgIpc) is 2.71. The van der Waals surface area contributed by atoms with Crippen molar-refractivity contribution < 1.29 is 0 Å². The highest BCUT2D eigenvalue weighted by atomic mass is 32.1. The van der Waals surface area contributed by atoms with Gasteiger partial charge in [-0.1, -0.05) is 18.3 Å². The molecule has 0 aliphatic heterocycles. The zero-order valence-electron chi connectivity index (χ0n) is 7.14. The smallest absolute Gasteiger partial charge is 0.234 e. The first-order valence-corrected chi connectivity index (χ1v) is 4.75. The Balaban J connectivity index is 2.45. The Hall–Kier alpha value is -1.43. The summed E-state index contributed by atoms with van der Waals surface area (Å²) in [5, 5.41) is 13.0. The summed E-state index contributed by atoms with van der Waals surface area (Å²) in [5.41, 5.74) is 6.59.